The molecule has 0 aromatic carbocycles. The van der Waals surface area contributed by atoms with Crippen molar-refractivity contribution in [2.75, 3.05) is 31.6 Å². The number of nitrogens with zero attached hydrogens (tertiary/aromatic N) is 4. The van der Waals surface area contributed by atoms with E-state index in [1.807, 2.05) is 0 Å². The second-order valence-electron chi connectivity index (χ2n) is 5.31. The largest absolute Gasteiger partial charge is 0.490 e. The van der Waals surface area contributed by atoms with Crippen molar-refractivity contribution >= 4 is 17.4 Å². The van der Waals surface area contributed by atoms with E-state index in [1.54, 1.807) is 7.11 Å². The Morgan fingerprint density at radius 2 is 2.21 bits per heavy atom. The molecule has 0 saturated carbocycles. The summed E-state index contributed by atoms with van der Waals surface area (Å²) in [6.45, 7) is 5.52. The van der Waals surface area contributed by atoms with Crippen molar-refractivity contribution in [3.8, 4) is 5.75 Å². The number of hydrogen-bond donors (Lipinski definition) is 0. The molecule has 2 unspecified atom stereocenters. The first-order chi connectivity index (χ1) is 9.20. The molecule has 0 N–H and O–H groups in total. The summed E-state index contributed by atoms with van der Waals surface area (Å²) in [5.74, 6) is 1.41. The van der Waals surface area contributed by atoms with Crippen LogP contribution in [-0.2, 0) is 0 Å². The van der Waals surface area contributed by atoms with E-state index < -0.39 is 0 Å². The molecule has 0 bridgehead atoms. The zero-order valence-corrected chi connectivity index (χ0v) is 12.1. The molecule has 1 aromatic heterocycles. The first-order valence-electron chi connectivity index (χ1n) is 6.76. The zero-order chi connectivity index (χ0) is 13.4. The third-order valence-electron chi connectivity index (χ3n) is 4.16. The molecular weight excluding hydrogens is 264 g/mol. The Balaban J connectivity index is 1.91. The van der Waals surface area contributed by atoms with Crippen LogP contribution in [0.1, 0.15) is 19.8 Å². The average molecular weight is 283 g/mol. The summed E-state index contributed by atoms with van der Waals surface area (Å²) in [6.07, 6.45) is 4.07. The SMILES string of the molecule is COc1c(Cl)ncnc1N1CC2CCCN2CC1C. The average Bonchev–Trinajstić information content (AvgIpc) is 2.84. The quantitative estimate of drug-likeness (QED) is 0.774. The van der Waals surface area contributed by atoms with Gasteiger partial charge in [0.25, 0.3) is 0 Å². The Morgan fingerprint density at radius 1 is 1.37 bits per heavy atom. The van der Waals surface area contributed by atoms with Crippen LogP contribution in [0.4, 0.5) is 5.82 Å². The third kappa shape index (κ3) is 2.25. The Hall–Kier alpha value is -1.07. The fourth-order valence-electron chi connectivity index (χ4n) is 3.21. The molecule has 0 amide bonds. The fraction of sp³-hybridized carbons (Fsp3) is 0.692. The summed E-state index contributed by atoms with van der Waals surface area (Å²) in [5.41, 5.74) is 0. The number of piperazine rings is 1. The van der Waals surface area contributed by atoms with Crippen LogP contribution in [0.2, 0.25) is 5.15 Å². The van der Waals surface area contributed by atoms with Gasteiger partial charge in [0, 0.05) is 25.2 Å². The first-order valence-corrected chi connectivity index (χ1v) is 7.13. The van der Waals surface area contributed by atoms with Gasteiger partial charge >= 0.3 is 0 Å². The van der Waals surface area contributed by atoms with Gasteiger partial charge in [0.2, 0.25) is 0 Å². The second-order valence-corrected chi connectivity index (χ2v) is 5.67. The van der Waals surface area contributed by atoms with Crippen molar-refractivity contribution in [3.05, 3.63) is 11.5 Å². The van der Waals surface area contributed by atoms with Crippen molar-refractivity contribution in [1.82, 2.24) is 14.9 Å². The van der Waals surface area contributed by atoms with Crippen LogP contribution in [-0.4, -0.2) is 53.7 Å². The number of fused-ring (bicyclic) bond motifs is 1. The molecule has 2 saturated heterocycles. The molecule has 2 atom stereocenters. The lowest BCUT2D eigenvalue weighted by Crippen LogP contribution is -2.55. The predicted molar refractivity (Wildman–Crippen MR) is 75.0 cm³/mol. The van der Waals surface area contributed by atoms with E-state index in [4.69, 9.17) is 16.3 Å². The first kappa shape index (κ1) is 12.9. The minimum atomic E-state index is 0.383. The smallest absolute Gasteiger partial charge is 0.199 e. The number of ether oxygens (including phenoxy) is 1. The zero-order valence-electron chi connectivity index (χ0n) is 11.3. The highest BCUT2D eigenvalue weighted by molar-refractivity contribution is 6.31. The van der Waals surface area contributed by atoms with Gasteiger partial charge in [-0.1, -0.05) is 11.6 Å². The lowest BCUT2D eigenvalue weighted by Gasteiger charge is -2.43. The van der Waals surface area contributed by atoms with Crippen LogP contribution in [0.3, 0.4) is 0 Å². The Kier molecular flexibility index (Phi) is 3.50. The number of methoxy groups -OCH3 is 1. The van der Waals surface area contributed by atoms with E-state index in [9.17, 15) is 0 Å². The summed E-state index contributed by atoms with van der Waals surface area (Å²) in [7, 11) is 1.62. The molecule has 5 nitrogen and oxygen atoms in total. The van der Waals surface area contributed by atoms with Gasteiger partial charge in [-0.25, -0.2) is 9.97 Å². The number of aromatic nitrogens is 2. The van der Waals surface area contributed by atoms with E-state index in [1.165, 1.54) is 25.7 Å². The molecule has 0 spiro atoms. The highest BCUT2D eigenvalue weighted by Crippen LogP contribution is 2.35. The maximum Gasteiger partial charge on any atom is 0.199 e. The molecule has 2 fully saturated rings. The number of halogens is 1. The van der Waals surface area contributed by atoms with E-state index in [2.05, 4.69) is 26.7 Å². The predicted octanol–water partition coefficient (Wildman–Crippen LogP) is 1.81. The van der Waals surface area contributed by atoms with Crippen molar-refractivity contribution < 1.29 is 4.74 Å². The number of hydrogen-bond acceptors (Lipinski definition) is 5. The maximum absolute atomic E-state index is 6.09. The topological polar surface area (TPSA) is 41.5 Å². The van der Waals surface area contributed by atoms with Crippen LogP contribution < -0.4 is 9.64 Å². The minimum Gasteiger partial charge on any atom is -0.490 e. The Morgan fingerprint density at radius 3 is 3.00 bits per heavy atom. The van der Waals surface area contributed by atoms with Crippen molar-refractivity contribution in [3.63, 3.8) is 0 Å². The lowest BCUT2D eigenvalue weighted by atomic mass is 10.1. The van der Waals surface area contributed by atoms with E-state index in [0.717, 1.165) is 18.9 Å². The van der Waals surface area contributed by atoms with Gasteiger partial charge in [-0.15, -0.1) is 0 Å². The molecule has 2 aliphatic heterocycles. The van der Waals surface area contributed by atoms with Crippen LogP contribution in [0, 0.1) is 0 Å². The van der Waals surface area contributed by atoms with Gasteiger partial charge in [-0.2, -0.15) is 0 Å². The maximum atomic E-state index is 6.09. The van der Waals surface area contributed by atoms with Gasteiger partial charge in [0.05, 0.1) is 7.11 Å². The molecule has 2 aliphatic rings. The monoisotopic (exact) mass is 282 g/mol. The molecule has 0 aliphatic carbocycles. The summed E-state index contributed by atoms with van der Waals surface area (Å²) in [5, 5.41) is 0.383. The fourth-order valence-corrected chi connectivity index (χ4v) is 3.41. The van der Waals surface area contributed by atoms with Gasteiger partial charge in [0.15, 0.2) is 16.7 Å². The summed E-state index contributed by atoms with van der Waals surface area (Å²) in [6, 6.07) is 1.05. The highest BCUT2D eigenvalue weighted by atomic mass is 35.5. The summed E-state index contributed by atoms with van der Waals surface area (Å²) >= 11 is 6.09. The molecular formula is C13H19ClN4O. The molecule has 19 heavy (non-hydrogen) atoms. The molecule has 3 heterocycles. The second kappa shape index (κ2) is 5.13. The molecule has 6 heteroatoms. The molecule has 104 valence electrons. The standard InChI is InChI=1S/C13H19ClN4O/c1-9-6-17-5-3-4-10(17)7-18(9)13-11(19-2)12(14)15-8-16-13/h8-10H,3-7H2,1-2H3. The van der Waals surface area contributed by atoms with Gasteiger partial charge in [-0.05, 0) is 26.3 Å². The molecule has 0 radical (unpaired) electrons. The Labute approximate surface area is 118 Å². The number of rotatable bonds is 2. The van der Waals surface area contributed by atoms with Crippen LogP contribution in [0.5, 0.6) is 5.75 Å². The molecule has 3 rings (SSSR count). The number of anilines is 1. The summed E-state index contributed by atoms with van der Waals surface area (Å²) < 4.78 is 5.38. The van der Waals surface area contributed by atoms with Gasteiger partial charge < -0.3 is 9.64 Å². The highest BCUT2D eigenvalue weighted by Gasteiger charge is 2.36. The third-order valence-corrected chi connectivity index (χ3v) is 4.42. The lowest BCUT2D eigenvalue weighted by molar-refractivity contribution is 0.201. The summed E-state index contributed by atoms with van der Waals surface area (Å²) in [4.78, 5) is 13.3. The van der Waals surface area contributed by atoms with E-state index in [0.29, 0.717) is 23.0 Å². The van der Waals surface area contributed by atoms with Crippen LogP contribution in [0.15, 0.2) is 6.33 Å². The van der Waals surface area contributed by atoms with Crippen LogP contribution >= 0.6 is 11.6 Å². The van der Waals surface area contributed by atoms with Crippen LogP contribution in [0.25, 0.3) is 0 Å². The van der Waals surface area contributed by atoms with Crippen molar-refractivity contribution in [1.29, 1.82) is 0 Å². The normalized spacial score (nSPS) is 27.4. The molecule has 1 aromatic rings. The van der Waals surface area contributed by atoms with E-state index >= 15 is 0 Å². The van der Waals surface area contributed by atoms with E-state index in [-0.39, 0.29) is 0 Å². The van der Waals surface area contributed by atoms with Gasteiger partial charge in [0.1, 0.15) is 6.33 Å². The Bertz CT molecular complexity index is 470. The minimum absolute atomic E-state index is 0.383. The van der Waals surface area contributed by atoms with Gasteiger partial charge in [-0.3, -0.25) is 4.90 Å². The van der Waals surface area contributed by atoms with Crippen molar-refractivity contribution in [2.24, 2.45) is 0 Å². The van der Waals surface area contributed by atoms with Crippen molar-refractivity contribution in [2.45, 2.75) is 31.8 Å².